The maximum atomic E-state index is 12.5. The highest BCUT2D eigenvalue weighted by atomic mass is 32.2. The van der Waals surface area contributed by atoms with Gasteiger partial charge in [0.25, 0.3) is 0 Å². The van der Waals surface area contributed by atoms with Crippen LogP contribution in [0.25, 0.3) is 0 Å². The Labute approximate surface area is 109 Å². The molecule has 0 aliphatic carbocycles. The minimum Gasteiger partial charge on any atom is -0.341 e. The molecule has 0 radical (unpaired) electrons. The maximum Gasteiger partial charge on any atom is 0.228 e. The third-order valence-electron chi connectivity index (χ3n) is 4.07. The van der Waals surface area contributed by atoms with Crippen molar-refractivity contribution in [3.05, 3.63) is 0 Å². The van der Waals surface area contributed by atoms with Crippen molar-refractivity contribution in [3.63, 3.8) is 0 Å². The number of carbonyl (C=O) groups excluding carboxylic acids is 1. The average Bonchev–Trinajstić information content (AvgIpc) is 2.50. The first-order valence-electron chi connectivity index (χ1n) is 6.64. The van der Waals surface area contributed by atoms with Crippen LogP contribution in [0.15, 0.2) is 0 Å². The first-order chi connectivity index (χ1) is 8.43. The van der Waals surface area contributed by atoms with Crippen LogP contribution in [0.3, 0.4) is 0 Å². The molecule has 1 N–H and O–H groups in total. The third kappa shape index (κ3) is 3.03. The van der Waals surface area contributed by atoms with Crippen molar-refractivity contribution in [1.82, 2.24) is 10.2 Å². The van der Waals surface area contributed by atoms with Gasteiger partial charge in [0.05, 0.1) is 11.5 Å². The molecule has 0 aromatic heterocycles. The van der Waals surface area contributed by atoms with E-state index in [0.29, 0.717) is 19.5 Å². The summed E-state index contributed by atoms with van der Waals surface area (Å²) >= 11 is 0. The van der Waals surface area contributed by atoms with Crippen LogP contribution in [-0.4, -0.2) is 56.9 Å². The molecule has 104 valence electrons. The van der Waals surface area contributed by atoms with Crippen molar-refractivity contribution in [2.45, 2.75) is 26.2 Å². The lowest BCUT2D eigenvalue weighted by atomic mass is 9.79. The minimum atomic E-state index is -2.94. The Hall–Kier alpha value is -0.620. The fourth-order valence-corrected chi connectivity index (χ4v) is 3.99. The molecule has 2 rings (SSSR count). The maximum absolute atomic E-state index is 12.5. The van der Waals surface area contributed by atoms with Crippen LogP contribution in [0.5, 0.6) is 0 Å². The second-order valence-electron chi connectivity index (χ2n) is 5.61. The lowest BCUT2D eigenvalue weighted by Gasteiger charge is -2.37. The molecule has 0 aromatic carbocycles. The summed E-state index contributed by atoms with van der Waals surface area (Å²) in [4.78, 5) is 14.3. The van der Waals surface area contributed by atoms with E-state index in [2.05, 4.69) is 5.32 Å². The zero-order valence-electron chi connectivity index (χ0n) is 10.9. The number of hydrogen-bond donors (Lipinski definition) is 1. The van der Waals surface area contributed by atoms with E-state index in [4.69, 9.17) is 0 Å². The molecule has 0 saturated carbocycles. The van der Waals surface area contributed by atoms with Gasteiger partial charge in [-0.1, -0.05) is 6.92 Å². The van der Waals surface area contributed by atoms with E-state index < -0.39 is 9.84 Å². The summed E-state index contributed by atoms with van der Waals surface area (Å²) in [5, 5.41) is 3.26. The molecular weight excluding hydrogens is 252 g/mol. The van der Waals surface area contributed by atoms with Crippen LogP contribution in [0.1, 0.15) is 26.2 Å². The van der Waals surface area contributed by atoms with E-state index in [1.807, 2.05) is 6.92 Å². The zero-order chi connectivity index (χ0) is 13.2. The summed E-state index contributed by atoms with van der Waals surface area (Å²) in [7, 11) is -2.94. The zero-order valence-corrected chi connectivity index (χ0v) is 11.8. The van der Waals surface area contributed by atoms with E-state index in [1.54, 1.807) is 4.90 Å². The number of nitrogens with zero attached hydrogens (tertiary/aromatic N) is 1. The van der Waals surface area contributed by atoms with E-state index in [9.17, 15) is 13.2 Å². The summed E-state index contributed by atoms with van der Waals surface area (Å²) in [5.41, 5.74) is -0.306. The molecule has 5 nitrogen and oxygen atoms in total. The molecule has 2 heterocycles. The summed E-state index contributed by atoms with van der Waals surface area (Å²) < 4.78 is 23.1. The molecule has 0 spiro atoms. The Morgan fingerprint density at radius 2 is 1.83 bits per heavy atom. The Bertz CT molecular complexity index is 413. The van der Waals surface area contributed by atoms with Crippen molar-refractivity contribution >= 4 is 15.7 Å². The van der Waals surface area contributed by atoms with Crippen molar-refractivity contribution in [2.75, 3.05) is 37.7 Å². The van der Waals surface area contributed by atoms with Crippen LogP contribution in [-0.2, 0) is 14.6 Å². The smallest absolute Gasteiger partial charge is 0.228 e. The third-order valence-corrected chi connectivity index (χ3v) is 5.78. The number of hydrogen-bond acceptors (Lipinski definition) is 4. The standard InChI is InChI=1S/C12H22N2O3S/c1-12(3-5-13-6-4-12)11(15)14-7-2-9-18(16,17)10-8-14/h13H,2-10H2,1H3. The van der Waals surface area contributed by atoms with Gasteiger partial charge in [-0.15, -0.1) is 0 Å². The quantitative estimate of drug-likeness (QED) is 0.732. The van der Waals surface area contributed by atoms with Crippen LogP contribution in [0, 0.1) is 5.41 Å². The molecule has 0 unspecified atom stereocenters. The molecule has 18 heavy (non-hydrogen) atoms. The van der Waals surface area contributed by atoms with Crippen LogP contribution in [0.2, 0.25) is 0 Å². The Morgan fingerprint density at radius 3 is 2.50 bits per heavy atom. The number of amides is 1. The van der Waals surface area contributed by atoms with E-state index in [-0.39, 0.29) is 22.8 Å². The number of carbonyl (C=O) groups is 1. The number of sulfone groups is 1. The first kappa shape index (κ1) is 13.8. The second-order valence-corrected chi connectivity index (χ2v) is 7.91. The second kappa shape index (κ2) is 5.17. The van der Waals surface area contributed by atoms with Gasteiger partial charge < -0.3 is 10.2 Å². The van der Waals surface area contributed by atoms with Crippen LogP contribution in [0.4, 0.5) is 0 Å². The molecule has 2 aliphatic heterocycles. The highest BCUT2D eigenvalue weighted by Crippen LogP contribution is 2.30. The van der Waals surface area contributed by atoms with Crippen LogP contribution >= 0.6 is 0 Å². The lowest BCUT2D eigenvalue weighted by molar-refractivity contribution is -0.142. The fourth-order valence-electron chi connectivity index (χ4n) is 2.72. The first-order valence-corrected chi connectivity index (χ1v) is 8.46. The van der Waals surface area contributed by atoms with Crippen molar-refractivity contribution in [1.29, 1.82) is 0 Å². The van der Waals surface area contributed by atoms with E-state index in [1.165, 1.54) is 0 Å². The topological polar surface area (TPSA) is 66.5 Å². The SMILES string of the molecule is CC1(C(=O)N2CCCS(=O)(=O)CC2)CCNCC1. The van der Waals surface area contributed by atoms with Gasteiger partial charge in [0.1, 0.15) is 0 Å². The highest BCUT2D eigenvalue weighted by molar-refractivity contribution is 7.91. The molecule has 2 fully saturated rings. The fraction of sp³-hybridized carbons (Fsp3) is 0.917. The Kier molecular flexibility index (Phi) is 3.96. The van der Waals surface area contributed by atoms with Gasteiger partial charge in [0, 0.05) is 18.5 Å². The number of piperidine rings is 1. The molecule has 0 bridgehead atoms. The van der Waals surface area contributed by atoms with Crippen molar-refractivity contribution < 1.29 is 13.2 Å². The molecule has 0 aromatic rings. The molecule has 1 amide bonds. The van der Waals surface area contributed by atoms with Crippen molar-refractivity contribution in [3.8, 4) is 0 Å². The monoisotopic (exact) mass is 274 g/mol. The van der Waals surface area contributed by atoms with Gasteiger partial charge in [-0.2, -0.15) is 0 Å². The van der Waals surface area contributed by atoms with E-state index >= 15 is 0 Å². The predicted molar refractivity (Wildman–Crippen MR) is 70.1 cm³/mol. The Morgan fingerprint density at radius 1 is 1.17 bits per heavy atom. The molecule has 6 heteroatoms. The number of nitrogens with one attached hydrogen (secondary N) is 1. The summed E-state index contributed by atoms with van der Waals surface area (Å²) in [5.74, 6) is 0.475. The summed E-state index contributed by atoms with van der Waals surface area (Å²) in [6.07, 6.45) is 2.26. The largest absolute Gasteiger partial charge is 0.341 e. The van der Waals surface area contributed by atoms with E-state index in [0.717, 1.165) is 25.9 Å². The highest BCUT2D eigenvalue weighted by Gasteiger charge is 2.38. The summed E-state index contributed by atoms with van der Waals surface area (Å²) in [6, 6.07) is 0. The van der Waals surface area contributed by atoms with Gasteiger partial charge in [-0.05, 0) is 32.4 Å². The average molecular weight is 274 g/mol. The van der Waals surface area contributed by atoms with Gasteiger partial charge >= 0.3 is 0 Å². The number of rotatable bonds is 1. The van der Waals surface area contributed by atoms with Crippen LogP contribution < -0.4 is 5.32 Å². The molecular formula is C12H22N2O3S. The lowest BCUT2D eigenvalue weighted by Crippen LogP contribution is -2.48. The normalized spacial score (nSPS) is 27.5. The van der Waals surface area contributed by atoms with Gasteiger partial charge in [-0.25, -0.2) is 8.42 Å². The Balaban J connectivity index is 2.04. The molecule has 2 aliphatic rings. The minimum absolute atomic E-state index is 0.118. The van der Waals surface area contributed by atoms with Gasteiger partial charge in [0.2, 0.25) is 5.91 Å². The van der Waals surface area contributed by atoms with Gasteiger partial charge in [0.15, 0.2) is 9.84 Å². The predicted octanol–water partition coefficient (Wildman–Crippen LogP) is 0.0232. The van der Waals surface area contributed by atoms with Crippen molar-refractivity contribution in [2.24, 2.45) is 5.41 Å². The van der Waals surface area contributed by atoms with Gasteiger partial charge in [-0.3, -0.25) is 4.79 Å². The summed E-state index contributed by atoms with van der Waals surface area (Å²) in [6.45, 7) is 4.70. The molecule has 2 saturated heterocycles. The molecule has 0 atom stereocenters.